The number of urea groups is 1. The minimum atomic E-state index is -0.530. The van der Waals surface area contributed by atoms with Gasteiger partial charge in [-0.15, -0.1) is 0 Å². The largest absolute Gasteiger partial charge is 0.383 e. The lowest BCUT2D eigenvalue weighted by Gasteiger charge is -2.32. The van der Waals surface area contributed by atoms with Crippen molar-refractivity contribution in [1.29, 1.82) is 0 Å². The third-order valence-electron chi connectivity index (χ3n) is 14.4. The third kappa shape index (κ3) is 8.99. The predicted octanol–water partition coefficient (Wildman–Crippen LogP) is 7.98. The molecule has 6 aromatic rings. The monoisotopic (exact) mass is 913 g/mol. The van der Waals surface area contributed by atoms with Crippen molar-refractivity contribution in [1.82, 2.24) is 54.8 Å². The molecule has 67 heavy (non-hydrogen) atoms. The van der Waals surface area contributed by atoms with Crippen LogP contribution in [0.25, 0.3) is 44.6 Å². The number of nitrogen functional groups attached to an aromatic ring is 1. The molecule has 18 heteroatoms. The second kappa shape index (κ2) is 18.8. The lowest BCUT2D eigenvalue weighted by atomic mass is 9.88. The van der Waals surface area contributed by atoms with Crippen LogP contribution in [-0.4, -0.2) is 107 Å². The lowest BCUT2D eigenvalue weighted by molar-refractivity contribution is -0.132. The first-order chi connectivity index (χ1) is 32.5. The number of fused-ring (bicyclic) bond motifs is 2. The van der Waals surface area contributed by atoms with E-state index in [1.54, 1.807) is 11.7 Å². The first-order valence-electron chi connectivity index (χ1n) is 24.2. The summed E-state index contributed by atoms with van der Waals surface area (Å²) >= 11 is 0. The Morgan fingerprint density at radius 3 is 2.37 bits per heavy atom. The molecule has 4 aliphatic rings. The maximum absolute atomic E-state index is 15.6. The highest BCUT2D eigenvalue weighted by molar-refractivity contribution is 6.09. The Morgan fingerprint density at radius 1 is 0.881 bits per heavy atom. The van der Waals surface area contributed by atoms with Gasteiger partial charge in [0.2, 0.25) is 11.8 Å². The lowest BCUT2D eigenvalue weighted by Crippen LogP contribution is -2.49. The molecule has 10 rings (SSSR count). The molecule has 0 unspecified atom stereocenters. The summed E-state index contributed by atoms with van der Waals surface area (Å²) in [6.45, 7) is 8.71. The van der Waals surface area contributed by atoms with E-state index in [4.69, 9.17) is 20.3 Å². The molecule has 0 spiro atoms. The second-order valence-corrected chi connectivity index (χ2v) is 19.2. The van der Waals surface area contributed by atoms with Crippen molar-refractivity contribution in [3.8, 4) is 22.6 Å². The fraction of sp³-hybridized carbons (Fsp3) is 0.531. The third-order valence-corrected chi connectivity index (χ3v) is 14.4. The van der Waals surface area contributed by atoms with Gasteiger partial charge in [0.1, 0.15) is 35.1 Å². The summed E-state index contributed by atoms with van der Waals surface area (Å²) in [5.74, 6) is 1.97. The van der Waals surface area contributed by atoms with Gasteiger partial charge in [0.25, 0.3) is 0 Å². The Bertz CT molecular complexity index is 2800. The minimum absolute atomic E-state index is 0.0543. The van der Waals surface area contributed by atoms with Crippen molar-refractivity contribution in [3.05, 3.63) is 59.5 Å². The van der Waals surface area contributed by atoms with Crippen molar-refractivity contribution in [2.75, 3.05) is 49.9 Å². The van der Waals surface area contributed by atoms with Crippen LogP contribution in [0.2, 0.25) is 0 Å². The van der Waals surface area contributed by atoms with Crippen molar-refractivity contribution >= 4 is 51.4 Å². The molecule has 0 radical (unpaired) electrons. The molecular formula is C49H60FN13O4. The van der Waals surface area contributed by atoms with Crippen LogP contribution in [0.1, 0.15) is 138 Å². The molecule has 5 aromatic heterocycles. The molecule has 1 aliphatic carbocycles. The van der Waals surface area contributed by atoms with Crippen LogP contribution in [0.3, 0.4) is 0 Å². The summed E-state index contributed by atoms with van der Waals surface area (Å²) < 4.78 is 25.2. The van der Waals surface area contributed by atoms with E-state index in [2.05, 4.69) is 56.4 Å². The summed E-state index contributed by atoms with van der Waals surface area (Å²) in [4.78, 5) is 57.1. The number of nitrogens with two attached hydrogens (primary N) is 1. The molecule has 3 N–H and O–H groups in total. The van der Waals surface area contributed by atoms with Gasteiger partial charge in [-0.1, -0.05) is 30.5 Å². The number of imide groups is 1. The first-order valence-corrected chi connectivity index (χ1v) is 24.2. The minimum Gasteiger partial charge on any atom is -0.383 e. The van der Waals surface area contributed by atoms with Crippen LogP contribution in [0, 0.1) is 5.82 Å². The zero-order valence-corrected chi connectivity index (χ0v) is 38.7. The highest BCUT2D eigenvalue weighted by Crippen LogP contribution is 2.48. The number of carbonyl (C=O) groups excluding carboxylic acids is 3. The molecule has 1 aromatic carbocycles. The van der Waals surface area contributed by atoms with E-state index in [-0.39, 0.29) is 42.6 Å². The number of unbranched alkanes of at least 4 members (excludes halogenated alkanes) is 4. The zero-order valence-electron chi connectivity index (χ0n) is 38.7. The molecule has 1 saturated carbocycles. The van der Waals surface area contributed by atoms with Crippen LogP contribution in [0.4, 0.5) is 20.8 Å². The fourth-order valence-corrected chi connectivity index (χ4v) is 10.4. The van der Waals surface area contributed by atoms with Gasteiger partial charge >= 0.3 is 6.03 Å². The molecule has 4 fully saturated rings. The number of amides is 4. The van der Waals surface area contributed by atoms with Crippen LogP contribution < -0.4 is 16.0 Å². The number of aryl methyl sites for hydroxylation is 1. The Morgan fingerprint density at radius 2 is 1.64 bits per heavy atom. The van der Waals surface area contributed by atoms with E-state index in [0.29, 0.717) is 63.3 Å². The van der Waals surface area contributed by atoms with Crippen molar-refractivity contribution < 1.29 is 23.3 Å². The summed E-state index contributed by atoms with van der Waals surface area (Å²) in [5, 5.41) is 17.6. The van der Waals surface area contributed by atoms with E-state index < -0.39 is 6.03 Å². The number of aromatic nitrogens is 8. The standard InChI is InChI=1S/C49H60FN13O4/c1-29(2)63-48-42(46(51)53-28-54-48)43(56-63)44-41(45(67-58-44)32-10-11-32)37-13-12-33(27-52-37)30-16-22-61(23-17-30)40(65)9-7-5-4-6-8-19-60-20-14-31(15-21-60)34-26-38-35(25-36(34)50)47(57-59(38)3)62-24-18-39(64)55-49(62)66/h12-13,25-32H,4-11,14-24H2,1-3H3,(H2,51,53,54)(H,55,64,66). The van der Waals surface area contributed by atoms with Gasteiger partial charge in [0.15, 0.2) is 11.5 Å². The smallest absolute Gasteiger partial charge is 0.329 e. The Kier molecular flexibility index (Phi) is 12.5. The number of hydrogen-bond acceptors (Lipinski definition) is 12. The van der Waals surface area contributed by atoms with Crippen LogP contribution >= 0.6 is 0 Å². The van der Waals surface area contributed by atoms with Gasteiger partial charge < -0.3 is 20.1 Å². The normalized spacial score (nSPS) is 18.0. The van der Waals surface area contributed by atoms with Gasteiger partial charge in [0, 0.05) is 63.1 Å². The summed E-state index contributed by atoms with van der Waals surface area (Å²) in [6.07, 6.45) is 15.2. The zero-order chi connectivity index (χ0) is 46.3. The Balaban J connectivity index is 0.650. The van der Waals surface area contributed by atoms with Gasteiger partial charge in [-0.2, -0.15) is 10.2 Å². The van der Waals surface area contributed by atoms with E-state index in [9.17, 15) is 14.4 Å². The number of hydrogen-bond donors (Lipinski definition) is 2. The van der Waals surface area contributed by atoms with E-state index in [1.807, 2.05) is 21.8 Å². The van der Waals surface area contributed by atoms with Gasteiger partial charge in [0.05, 0.1) is 22.2 Å². The first kappa shape index (κ1) is 44.5. The summed E-state index contributed by atoms with van der Waals surface area (Å²) in [6, 6.07) is 7.14. The number of carbonyl (C=O) groups is 3. The highest BCUT2D eigenvalue weighted by Gasteiger charge is 2.36. The quantitative estimate of drug-likeness (QED) is 0.0943. The van der Waals surface area contributed by atoms with Gasteiger partial charge in [-0.05, 0) is 126 Å². The SMILES string of the molecule is CC(C)n1nc(-c2noc(C3CC3)c2-c2ccc(C3CCN(C(=O)CCCCCCCN4CCC(c5cc6c(cc5F)c(N5CCC(=O)NC5=O)nn6C)CC4)CC3)cn2)c2c(N)ncnc21. The van der Waals surface area contributed by atoms with Crippen LogP contribution in [-0.2, 0) is 16.6 Å². The molecule has 8 heterocycles. The fourth-order valence-electron chi connectivity index (χ4n) is 10.4. The molecule has 3 saturated heterocycles. The topological polar surface area (TPSA) is 199 Å². The van der Waals surface area contributed by atoms with Gasteiger partial charge in [-0.3, -0.25) is 29.5 Å². The van der Waals surface area contributed by atoms with Gasteiger partial charge in [-0.25, -0.2) is 23.8 Å². The van der Waals surface area contributed by atoms with Crippen molar-refractivity contribution in [2.24, 2.45) is 7.05 Å². The number of pyridine rings is 1. The number of nitrogens with zero attached hydrogens (tertiary/aromatic N) is 11. The predicted molar refractivity (Wildman–Crippen MR) is 252 cm³/mol. The van der Waals surface area contributed by atoms with E-state index in [1.165, 1.54) is 22.9 Å². The van der Waals surface area contributed by atoms with Crippen LogP contribution in [0.15, 0.2) is 41.3 Å². The maximum atomic E-state index is 15.6. The van der Waals surface area contributed by atoms with E-state index in [0.717, 1.165) is 126 Å². The number of rotatable bonds is 15. The summed E-state index contributed by atoms with van der Waals surface area (Å²) in [7, 11) is 1.80. The van der Waals surface area contributed by atoms with Crippen molar-refractivity contribution in [3.63, 3.8) is 0 Å². The molecule has 352 valence electrons. The van der Waals surface area contributed by atoms with Crippen LogP contribution in [0.5, 0.6) is 0 Å². The average molecular weight is 914 g/mol. The number of nitrogens with one attached hydrogen (secondary N) is 1. The van der Waals surface area contributed by atoms with E-state index >= 15 is 4.39 Å². The number of anilines is 2. The molecule has 0 atom stereocenters. The molecule has 3 aliphatic heterocycles. The molecule has 17 nitrogen and oxygen atoms in total. The number of benzene rings is 1. The second-order valence-electron chi connectivity index (χ2n) is 19.2. The maximum Gasteiger partial charge on any atom is 0.329 e. The summed E-state index contributed by atoms with van der Waals surface area (Å²) in [5.41, 5.74) is 12.6. The average Bonchev–Trinajstić information content (AvgIpc) is 3.83. The Hall–Kier alpha value is -6.30. The number of piperidine rings is 2. The number of likely N-dealkylation sites (tertiary alicyclic amines) is 2. The molecule has 4 amide bonds. The highest BCUT2D eigenvalue weighted by atomic mass is 19.1. The van der Waals surface area contributed by atoms with Crippen molar-refractivity contribution in [2.45, 2.75) is 121 Å². The number of halogens is 1. The molecule has 0 bridgehead atoms. The Labute approximate surface area is 388 Å². The molecular weight excluding hydrogens is 854 g/mol.